The van der Waals surface area contributed by atoms with E-state index in [1.807, 2.05) is 36.4 Å². The summed E-state index contributed by atoms with van der Waals surface area (Å²) in [6.07, 6.45) is 3.33. The van der Waals surface area contributed by atoms with E-state index in [9.17, 15) is 4.79 Å². The van der Waals surface area contributed by atoms with Crippen molar-refractivity contribution in [1.29, 1.82) is 0 Å². The Kier molecular flexibility index (Phi) is 2.66. The van der Waals surface area contributed by atoms with Crippen LogP contribution in [0.25, 0.3) is 0 Å². The Morgan fingerprint density at radius 3 is 2.67 bits per heavy atom. The average Bonchev–Trinajstić information content (AvgIpc) is 3.02. The van der Waals surface area contributed by atoms with Crippen LogP contribution in [0.1, 0.15) is 34.3 Å². The molecule has 21 heavy (non-hydrogen) atoms. The van der Waals surface area contributed by atoms with Crippen molar-refractivity contribution in [2.75, 3.05) is 5.32 Å². The Hall–Kier alpha value is -2.13. The van der Waals surface area contributed by atoms with Crippen molar-refractivity contribution in [2.24, 2.45) is 5.73 Å². The predicted molar refractivity (Wildman–Crippen MR) is 83.4 cm³/mol. The first-order valence-electron chi connectivity index (χ1n) is 7.44. The third-order valence-electron chi connectivity index (χ3n) is 4.91. The number of carbonyl (C=O) groups is 1. The third-order valence-corrected chi connectivity index (χ3v) is 4.91. The fourth-order valence-electron chi connectivity index (χ4n) is 3.58. The van der Waals surface area contributed by atoms with E-state index >= 15 is 0 Å². The van der Waals surface area contributed by atoms with Gasteiger partial charge in [0.2, 0.25) is 0 Å². The number of benzene rings is 2. The summed E-state index contributed by atoms with van der Waals surface area (Å²) in [4.78, 5) is 12.2. The summed E-state index contributed by atoms with van der Waals surface area (Å²) in [6.45, 7) is 0. The Morgan fingerprint density at radius 1 is 1.19 bits per heavy atom. The molecule has 2 aliphatic rings. The van der Waals surface area contributed by atoms with Crippen molar-refractivity contribution in [1.82, 2.24) is 0 Å². The summed E-state index contributed by atoms with van der Waals surface area (Å²) in [5, 5.41) is 2.98. The molecule has 1 spiro atoms. The Bertz CT molecular complexity index is 710. The molecule has 2 atom stereocenters. The molecular formula is C18H18N2O. The largest absolute Gasteiger partial charge is 0.327 e. The van der Waals surface area contributed by atoms with E-state index in [2.05, 4.69) is 17.4 Å². The molecule has 1 fully saturated rings. The van der Waals surface area contributed by atoms with Crippen molar-refractivity contribution in [3.63, 3.8) is 0 Å². The van der Waals surface area contributed by atoms with Crippen LogP contribution in [0, 0.1) is 0 Å². The molecule has 1 amide bonds. The van der Waals surface area contributed by atoms with Crippen molar-refractivity contribution >= 4 is 11.6 Å². The monoisotopic (exact) mass is 278 g/mol. The lowest BCUT2D eigenvalue weighted by Crippen LogP contribution is -2.15. The lowest BCUT2D eigenvalue weighted by Gasteiger charge is -2.11. The van der Waals surface area contributed by atoms with E-state index < -0.39 is 0 Å². The topological polar surface area (TPSA) is 55.1 Å². The summed E-state index contributed by atoms with van der Waals surface area (Å²) in [7, 11) is 0. The minimum absolute atomic E-state index is 0.0635. The van der Waals surface area contributed by atoms with Gasteiger partial charge in [0.15, 0.2) is 0 Å². The molecule has 4 rings (SSSR count). The standard InChI is InChI=1S/C18H18N2O/c19-16-11-18(16)9-8-13-10-14(6-7-15(13)18)20-17(21)12-4-2-1-3-5-12/h1-7,10,16H,8-9,11,19H2,(H,20,21)/t16-,18+/m1/s1. The summed E-state index contributed by atoms with van der Waals surface area (Å²) in [5.41, 5.74) is 10.6. The zero-order valence-corrected chi connectivity index (χ0v) is 11.8. The molecule has 0 saturated heterocycles. The number of carbonyl (C=O) groups excluding carboxylic acids is 1. The number of amides is 1. The van der Waals surface area contributed by atoms with Crippen LogP contribution in [0.3, 0.4) is 0 Å². The van der Waals surface area contributed by atoms with Gasteiger partial charge in [-0.3, -0.25) is 4.79 Å². The molecule has 106 valence electrons. The van der Waals surface area contributed by atoms with E-state index in [0.717, 1.165) is 24.9 Å². The van der Waals surface area contributed by atoms with Gasteiger partial charge in [-0.1, -0.05) is 24.3 Å². The second kappa shape index (κ2) is 4.43. The van der Waals surface area contributed by atoms with E-state index in [0.29, 0.717) is 11.6 Å². The van der Waals surface area contributed by atoms with Gasteiger partial charge in [0.1, 0.15) is 0 Å². The number of nitrogens with one attached hydrogen (secondary N) is 1. The van der Waals surface area contributed by atoms with Crippen LogP contribution in [0.15, 0.2) is 48.5 Å². The molecule has 0 aromatic heterocycles. The lowest BCUT2D eigenvalue weighted by atomic mass is 9.97. The zero-order valence-electron chi connectivity index (χ0n) is 11.8. The number of hydrogen-bond acceptors (Lipinski definition) is 2. The maximum absolute atomic E-state index is 12.2. The minimum atomic E-state index is -0.0635. The number of nitrogens with two attached hydrogens (primary N) is 1. The average molecular weight is 278 g/mol. The van der Waals surface area contributed by atoms with Crippen LogP contribution in [-0.4, -0.2) is 11.9 Å². The number of fused-ring (bicyclic) bond motifs is 2. The lowest BCUT2D eigenvalue weighted by molar-refractivity contribution is 0.102. The van der Waals surface area contributed by atoms with Gasteiger partial charge in [0.25, 0.3) is 5.91 Å². The predicted octanol–water partition coefficient (Wildman–Crippen LogP) is 2.85. The van der Waals surface area contributed by atoms with Crippen LogP contribution in [0.5, 0.6) is 0 Å². The van der Waals surface area contributed by atoms with Crippen LogP contribution in [-0.2, 0) is 11.8 Å². The van der Waals surface area contributed by atoms with E-state index in [1.165, 1.54) is 11.1 Å². The summed E-state index contributed by atoms with van der Waals surface area (Å²) < 4.78 is 0. The highest BCUT2D eigenvalue weighted by atomic mass is 16.1. The minimum Gasteiger partial charge on any atom is -0.327 e. The highest BCUT2D eigenvalue weighted by Crippen LogP contribution is 2.55. The van der Waals surface area contributed by atoms with Gasteiger partial charge in [-0.05, 0) is 54.7 Å². The van der Waals surface area contributed by atoms with Crippen LogP contribution in [0.4, 0.5) is 5.69 Å². The molecule has 3 N–H and O–H groups in total. The summed E-state index contributed by atoms with van der Waals surface area (Å²) in [5.74, 6) is -0.0635. The molecule has 2 aromatic rings. The molecule has 0 unspecified atom stereocenters. The highest BCUT2D eigenvalue weighted by Gasteiger charge is 2.56. The molecule has 1 saturated carbocycles. The molecule has 3 heteroatoms. The van der Waals surface area contributed by atoms with Gasteiger partial charge >= 0.3 is 0 Å². The molecule has 2 aromatic carbocycles. The van der Waals surface area contributed by atoms with Crippen molar-refractivity contribution in [2.45, 2.75) is 30.7 Å². The molecule has 0 heterocycles. The van der Waals surface area contributed by atoms with Gasteiger partial charge in [-0.2, -0.15) is 0 Å². The molecule has 0 aliphatic heterocycles. The SMILES string of the molecule is N[C@@H]1C[C@]12CCc1cc(NC(=O)c3ccccc3)ccc12. The second-order valence-corrected chi connectivity index (χ2v) is 6.16. The highest BCUT2D eigenvalue weighted by molar-refractivity contribution is 6.04. The number of anilines is 1. The van der Waals surface area contributed by atoms with Gasteiger partial charge < -0.3 is 11.1 Å². The van der Waals surface area contributed by atoms with Crippen molar-refractivity contribution < 1.29 is 4.79 Å². The molecule has 3 nitrogen and oxygen atoms in total. The second-order valence-electron chi connectivity index (χ2n) is 6.16. The number of rotatable bonds is 2. The first-order chi connectivity index (χ1) is 10.2. The smallest absolute Gasteiger partial charge is 0.255 e. The maximum Gasteiger partial charge on any atom is 0.255 e. The maximum atomic E-state index is 12.2. The van der Waals surface area contributed by atoms with Crippen LogP contribution >= 0.6 is 0 Å². The summed E-state index contributed by atoms with van der Waals surface area (Å²) in [6, 6.07) is 15.9. The van der Waals surface area contributed by atoms with E-state index in [1.54, 1.807) is 0 Å². The van der Waals surface area contributed by atoms with Crippen LogP contribution in [0.2, 0.25) is 0 Å². The molecule has 0 bridgehead atoms. The van der Waals surface area contributed by atoms with Gasteiger partial charge in [0, 0.05) is 22.7 Å². The molecular weight excluding hydrogens is 260 g/mol. The first-order valence-corrected chi connectivity index (χ1v) is 7.44. The number of hydrogen-bond donors (Lipinski definition) is 2. The normalized spacial score (nSPS) is 25.7. The van der Waals surface area contributed by atoms with E-state index in [-0.39, 0.29) is 11.3 Å². The fourth-order valence-corrected chi connectivity index (χ4v) is 3.58. The van der Waals surface area contributed by atoms with Gasteiger partial charge in [-0.15, -0.1) is 0 Å². The summed E-state index contributed by atoms with van der Waals surface area (Å²) >= 11 is 0. The zero-order chi connectivity index (χ0) is 14.4. The Labute approximate surface area is 124 Å². The van der Waals surface area contributed by atoms with Crippen molar-refractivity contribution in [3.05, 3.63) is 65.2 Å². The quantitative estimate of drug-likeness (QED) is 0.887. The van der Waals surface area contributed by atoms with E-state index in [4.69, 9.17) is 5.73 Å². The van der Waals surface area contributed by atoms with Crippen LogP contribution < -0.4 is 11.1 Å². The Morgan fingerprint density at radius 2 is 1.95 bits per heavy atom. The molecule has 0 radical (unpaired) electrons. The Balaban J connectivity index is 1.57. The van der Waals surface area contributed by atoms with Gasteiger partial charge in [-0.25, -0.2) is 0 Å². The van der Waals surface area contributed by atoms with Gasteiger partial charge in [0.05, 0.1) is 0 Å². The van der Waals surface area contributed by atoms with Crippen molar-refractivity contribution in [3.8, 4) is 0 Å². The third kappa shape index (κ3) is 1.96. The number of aryl methyl sites for hydroxylation is 1. The molecule has 2 aliphatic carbocycles. The first kappa shape index (κ1) is 12.6. The fraction of sp³-hybridized carbons (Fsp3) is 0.278.